The third kappa shape index (κ3) is 4.97. The zero-order valence-corrected chi connectivity index (χ0v) is 16.0. The van der Waals surface area contributed by atoms with E-state index in [-0.39, 0.29) is 24.9 Å². The zero-order valence-electron chi connectivity index (χ0n) is 15.1. The number of carbonyl (C=O) groups is 1. The fraction of sp³-hybridized carbons (Fsp3) is 0.381. The van der Waals surface area contributed by atoms with Crippen LogP contribution < -0.4 is 0 Å². The number of rotatable bonds is 9. The summed E-state index contributed by atoms with van der Waals surface area (Å²) in [6, 6.07) is 8.23. The molecule has 2 aromatic rings. The third-order valence-corrected chi connectivity index (χ3v) is 5.34. The predicted octanol–water partition coefficient (Wildman–Crippen LogP) is 4.13. The standard InChI is InChI=1S/C21H24O5S/c1-2-10-25-21(23)18-12-15(13-20(26-18)24-11-6-5-9-22)17-14-27-19-8-4-3-7-16(17)19/h2-4,7-8,12,14-15,20,22H,1,5-6,9-11,13H2/t15-,20+/m0/s1. The Bertz CT molecular complexity index is 810. The van der Waals surface area contributed by atoms with E-state index in [1.165, 1.54) is 16.2 Å². The summed E-state index contributed by atoms with van der Waals surface area (Å²) in [4.78, 5) is 12.3. The van der Waals surface area contributed by atoms with E-state index in [4.69, 9.17) is 19.3 Å². The maximum Gasteiger partial charge on any atom is 0.373 e. The first-order chi connectivity index (χ1) is 13.2. The van der Waals surface area contributed by atoms with E-state index >= 15 is 0 Å². The molecule has 0 amide bonds. The fourth-order valence-electron chi connectivity index (χ4n) is 3.04. The molecule has 0 fully saturated rings. The van der Waals surface area contributed by atoms with Crippen molar-refractivity contribution in [2.45, 2.75) is 31.5 Å². The van der Waals surface area contributed by atoms with Crippen LogP contribution in [0.1, 0.15) is 30.7 Å². The average molecular weight is 388 g/mol. The van der Waals surface area contributed by atoms with Gasteiger partial charge >= 0.3 is 5.97 Å². The van der Waals surface area contributed by atoms with E-state index in [1.54, 1.807) is 11.3 Å². The van der Waals surface area contributed by atoms with Gasteiger partial charge in [0.25, 0.3) is 0 Å². The van der Waals surface area contributed by atoms with Crippen molar-refractivity contribution in [3.63, 3.8) is 0 Å². The molecular weight excluding hydrogens is 364 g/mol. The molecule has 0 bridgehead atoms. The van der Waals surface area contributed by atoms with E-state index in [9.17, 15) is 4.79 Å². The van der Waals surface area contributed by atoms with Gasteiger partial charge in [0.2, 0.25) is 12.0 Å². The van der Waals surface area contributed by atoms with E-state index < -0.39 is 12.3 Å². The SMILES string of the molecule is C=CCOC(=O)C1=C[C@H](c2csc3ccccc23)C[C@H](OCCCCO)O1. The second-order valence-electron chi connectivity index (χ2n) is 6.30. The number of carbonyl (C=O) groups excluding carboxylic acids is 1. The summed E-state index contributed by atoms with van der Waals surface area (Å²) in [5.74, 6) is -0.331. The normalized spacial score (nSPS) is 19.4. The smallest absolute Gasteiger partial charge is 0.373 e. The number of hydrogen-bond acceptors (Lipinski definition) is 6. The summed E-state index contributed by atoms with van der Waals surface area (Å²) in [6.45, 7) is 4.30. The lowest BCUT2D eigenvalue weighted by Crippen LogP contribution is -2.28. The van der Waals surface area contributed by atoms with Gasteiger partial charge in [0.15, 0.2) is 0 Å². The number of esters is 1. The van der Waals surface area contributed by atoms with Gasteiger partial charge in [-0.1, -0.05) is 30.9 Å². The highest BCUT2D eigenvalue weighted by Gasteiger charge is 2.30. The summed E-state index contributed by atoms with van der Waals surface area (Å²) in [5, 5.41) is 12.2. The summed E-state index contributed by atoms with van der Waals surface area (Å²) >= 11 is 1.69. The molecule has 27 heavy (non-hydrogen) atoms. The van der Waals surface area contributed by atoms with Gasteiger partial charge in [0.1, 0.15) is 6.61 Å². The molecule has 1 aromatic carbocycles. The molecule has 2 heterocycles. The molecule has 0 saturated carbocycles. The van der Waals surface area contributed by atoms with Crippen molar-refractivity contribution < 1.29 is 24.1 Å². The highest BCUT2D eigenvalue weighted by atomic mass is 32.1. The Morgan fingerprint density at radius 2 is 2.22 bits per heavy atom. The second-order valence-corrected chi connectivity index (χ2v) is 7.21. The van der Waals surface area contributed by atoms with Crippen molar-refractivity contribution in [1.29, 1.82) is 0 Å². The minimum atomic E-state index is -0.524. The number of hydrogen-bond donors (Lipinski definition) is 1. The second kappa shape index (κ2) is 9.69. The Morgan fingerprint density at radius 3 is 3.04 bits per heavy atom. The predicted molar refractivity (Wildman–Crippen MR) is 106 cm³/mol. The van der Waals surface area contributed by atoms with Gasteiger partial charge in [-0.25, -0.2) is 4.79 Å². The zero-order chi connectivity index (χ0) is 19.1. The van der Waals surface area contributed by atoms with Crippen LogP contribution >= 0.6 is 11.3 Å². The molecular formula is C21H24O5S. The summed E-state index contributed by atoms with van der Waals surface area (Å²) in [7, 11) is 0. The van der Waals surface area contributed by atoms with Gasteiger partial charge in [-0.2, -0.15) is 0 Å². The van der Waals surface area contributed by atoms with Crippen LogP contribution in [0.5, 0.6) is 0 Å². The molecule has 0 unspecified atom stereocenters. The number of fused-ring (bicyclic) bond motifs is 1. The number of ether oxygens (including phenoxy) is 3. The Hall–Kier alpha value is -2.15. The van der Waals surface area contributed by atoms with Gasteiger partial charge in [-0.05, 0) is 41.3 Å². The maximum atomic E-state index is 12.3. The molecule has 5 nitrogen and oxygen atoms in total. The number of aliphatic hydroxyl groups is 1. The van der Waals surface area contributed by atoms with E-state index in [1.807, 2.05) is 18.2 Å². The van der Waals surface area contributed by atoms with Crippen molar-refractivity contribution in [3.8, 4) is 0 Å². The first-order valence-corrected chi connectivity index (χ1v) is 9.96. The van der Waals surface area contributed by atoms with Crippen LogP contribution in [-0.2, 0) is 19.0 Å². The molecule has 0 radical (unpaired) electrons. The molecule has 1 N–H and O–H groups in total. The lowest BCUT2D eigenvalue weighted by molar-refractivity contribution is -0.160. The van der Waals surface area contributed by atoms with Crippen LogP contribution in [0.25, 0.3) is 10.1 Å². The van der Waals surface area contributed by atoms with Gasteiger partial charge < -0.3 is 19.3 Å². The molecule has 1 aliphatic heterocycles. The van der Waals surface area contributed by atoms with E-state index in [2.05, 4.69) is 24.1 Å². The van der Waals surface area contributed by atoms with Crippen molar-refractivity contribution in [3.05, 3.63) is 59.7 Å². The van der Waals surface area contributed by atoms with Crippen molar-refractivity contribution in [2.24, 2.45) is 0 Å². The van der Waals surface area contributed by atoms with Crippen LogP contribution in [0.3, 0.4) is 0 Å². The summed E-state index contributed by atoms with van der Waals surface area (Å²) in [5.41, 5.74) is 1.16. The van der Waals surface area contributed by atoms with Crippen molar-refractivity contribution in [2.75, 3.05) is 19.8 Å². The molecule has 144 valence electrons. The number of unbranched alkanes of at least 4 members (excludes halogenated alkanes) is 1. The Kier molecular flexibility index (Phi) is 7.04. The largest absolute Gasteiger partial charge is 0.458 e. The molecule has 1 aliphatic rings. The van der Waals surface area contributed by atoms with Crippen LogP contribution in [0.2, 0.25) is 0 Å². The summed E-state index contributed by atoms with van der Waals surface area (Å²) < 4.78 is 17.9. The molecule has 0 aliphatic carbocycles. The van der Waals surface area contributed by atoms with Crippen LogP contribution in [0, 0.1) is 0 Å². The molecule has 2 atom stereocenters. The Balaban J connectivity index is 1.81. The quantitative estimate of drug-likeness (QED) is 0.397. The first kappa shape index (κ1) is 19.6. The summed E-state index contributed by atoms with van der Waals surface area (Å²) in [6.07, 6.45) is 4.86. The Labute approximate surface area is 162 Å². The average Bonchev–Trinajstić information content (AvgIpc) is 3.13. The minimum Gasteiger partial charge on any atom is -0.458 e. The third-order valence-electron chi connectivity index (χ3n) is 4.36. The fourth-order valence-corrected chi connectivity index (χ4v) is 4.07. The lowest BCUT2D eigenvalue weighted by atomic mass is 9.92. The lowest BCUT2D eigenvalue weighted by Gasteiger charge is -2.28. The van der Waals surface area contributed by atoms with Crippen LogP contribution in [0.4, 0.5) is 0 Å². The van der Waals surface area contributed by atoms with Gasteiger partial charge in [-0.15, -0.1) is 11.3 Å². The number of thiophene rings is 1. The molecule has 3 rings (SSSR count). The van der Waals surface area contributed by atoms with Crippen molar-refractivity contribution >= 4 is 27.4 Å². The molecule has 0 spiro atoms. The van der Waals surface area contributed by atoms with Crippen molar-refractivity contribution in [1.82, 2.24) is 0 Å². The minimum absolute atomic E-state index is 0.00372. The van der Waals surface area contributed by atoms with Gasteiger partial charge in [0.05, 0.1) is 6.61 Å². The highest BCUT2D eigenvalue weighted by Crippen LogP contribution is 2.38. The molecule has 1 aromatic heterocycles. The highest BCUT2D eigenvalue weighted by molar-refractivity contribution is 7.17. The number of benzene rings is 1. The van der Waals surface area contributed by atoms with Gasteiger partial charge in [0, 0.05) is 23.6 Å². The first-order valence-electron chi connectivity index (χ1n) is 9.08. The number of aliphatic hydroxyl groups excluding tert-OH is 1. The molecule has 0 saturated heterocycles. The maximum absolute atomic E-state index is 12.3. The topological polar surface area (TPSA) is 65.0 Å². The van der Waals surface area contributed by atoms with E-state index in [0.29, 0.717) is 19.4 Å². The molecule has 6 heteroatoms. The number of allylic oxidation sites excluding steroid dienone is 1. The van der Waals surface area contributed by atoms with Crippen LogP contribution in [0.15, 0.2) is 54.1 Å². The Morgan fingerprint density at radius 1 is 1.37 bits per heavy atom. The van der Waals surface area contributed by atoms with Crippen LogP contribution in [-0.4, -0.2) is 37.2 Å². The monoisotopic (exact) mass is 388 g/mol. The van der Waals surface area contributed by atoms with Gasteiger partial charge in [-0.3, -0.25) is 0 Å². The van der Waals surface area contributed by atoms with E-state index in [0.717, 1.165) is 12.0 Å².